The summed E-state index contributed by atoms with van der Waals surface area (Å²) < 4.78 is 7.77. The van der Waals surface area contributed by atoms with Crippen LogP contribution in [0.15, 0.2) is 6.20 Å². The first-order valence-corrected chi connectivity index (χ1v) is 8.78. The summed E-state index contributed by atoms with van der Waals surface area (Å²) in [7, 11) is 1.93. The summed E-state index contributed by atoms with van der Waals surface area (Å²) in [6, 6.07) is 0.799. The molecule has 1 aliphatic carbocycles. The second-order valence-electron chi connectivity index (χ2n) is 7.09. The Kier molecular flexibility index (Phi) is 3.89. The van der Waals surface area contributed by atoms with Gasteiger partial charge in [-0.1, -0.05) is 0 Å². The second kappa shape index (κ2) is 5.91. The van der Waals surface area contributed by atoms with E-state index in [2.05, 4.69) is 14.9 Å². The molecule has 3 heterocycles. The molecule has 0 radical (unpaired) electrons. The van der Waals surface area contributed by atoms with Gasteiger partial charge in [0.25, 0.3) is 0 Å². The number of carbonyl (C=O) groups is 1. The molecule has 6 heteroatoms. The topological polar surface area (TPSA) is 50.6 Å². The van der Waals surface area contributed by atoms with Gasteiger partial charge in [-0.2, -0.15) is 5.10 Å². The van der Waals surface area contributed by atoms with Crippen LogP contribution in [0.5, 0.6) is 0 Å². The van der Waals surface area contributed by atoms with Crippen molar-refractivity contribution in [1.29, 1.82) is 0 Å². The Morgan fingerprint density at radius 2 is 1.96 bits per heavy atom. The molecular formula is C17H26N4O2. The standard InChI is InChI=1S/C17H26N4O2/c1-12-15(11-18-19(12)2)16-14(5-10-23-16)17(22)21-8-6-20(7-9-21)13-3-4-13/h11,13-14,16H,3-10H2,1-2H3/t14-,16-/m0/s1. The largest absolute Gasteiger partial charge is 0.373 e. The lowest BCUT2D eigenvalue weighted by Crippen LogP contribution is -2.51. The van der Waals surface area contributed by atoms with Gasteiger partial charge in [-0.3, -0.25) is 14.4 Å². The molecule has 1 amide bonds. The Balaban J connectivity index is 1.44. The van der Waals surface area contributed by atoms with Crippen molar-refractivity contribution < 1.29 is 9.53 Å². The summed E-state index contributed by atoms with van der Waals surface area (Å²) in [5.74, 6) is 0.219. The maximum Gasteiger partial charge on any atom is 0.228 e. The Hall–Kier alpha value is -1.40. The van der Waals surface area contributed by atoms with Crippen molar-refractivity contribution in [2.45, 2.75) is 38.3 Å². The van der Waals surface area contributed by atoms with Gasteiger partial charge >= 0.3 is 0 Å². The summed E-state index contributed by atoms with van der Waals surface area (Å²) in [6.07, 6.45) is 5.23. The van der Waals surface area contributed by atoms with Gasteiger partial charge in [0.1, 0.15) is 0 Å². The molecule has 23 heavy (non-hydrogen) atoms. The second-order valence-corrected chi connectivity index (χ2v) is 7.09. The van der Waals surface area contributed by atoms with Crippen LogP contribution in [0.2, 0.25) is 0 Å². The molecular weight excluding hydrogens is 292 g/mol. The number of aryl methyl sites for hydroxylation is 1. The van der Waals surface area contributed by atoms with Gasteiger partial charge in [0, 0.05) is 57.1 Å². The van der Waals surface area contributed by atoms with Gasteiger partial charge in [0.05, 0.1) is 18.2 Å². The van der Waals surface area contributed by atoms with E-state index in [1.807, 2.05) is 24.9 Å². The summed E-state index contributed by atoms with van der Waals surface area (Å²) in [5.41, 5.74) is 2.16. The first kappa shape index (κ1) is 15.1. The highest BCUT2D eigenvalue weighted by molar-refractivity contribution is 5.80. The van der Waals surface area contributed by atoms with Gasteiger partial charge in [-0.05, 0) is 26.2 Å². The molecule has 4 rings (SSSR count). The molecule has 3 fully saturated rings. The number of nitrogens with zero attached hydrogens (tertiary/aromatic N) is 4. The van der Waals surface area contributed by atoms with Crippen LogP contribution >= 0.6 is 0 Å². The Bertz CT molecular complexity index is 587. The van der Waals surface area contributed by atoms with Gasteiger partial charge < -0.3 is 9.64 Å². The maximum atomic E-state index is 13.0. The van der Waals surface area contributed by atoms with Crippen LogP contribution in [0.25, 0.3) is 0 Å². The highest BCUT2D eigenvalue weighted by Crippen LogP contribution is 2.37. The Morgan fingerprint density at radius 3 is 2.57 bits per heavy atom. The Morgan fingerprint density at radius 1 is 1.22 bits per heavy atom. The average Bonchev–Trinajstić information content (AvgIpc) is 3.23. The van der Waals surface area contributed by atoms with Crippen molar-refractivity contribution in [2.75, 3.05) is 32.8 Å². The molecule has 1 saturated carbocycles. The molecule has 2 saturated heterocycles. The zero-order valence-corrected chi connectivity index (χ0v) is 14.1. The predicted molar refractivity (Wildman–Crippen MR) is 85.9 cm³/mol. The number of hydrogen-bond acceptors (Lipinski definition) is 4. The number of piperazine rings is 1. The zero-order valence-electron chi connectivity index (χ0n) is 14.1. The highest BCUT2D eigenvalue weighted by atomic mass is 16.5. The molecule has 0 bridgehead atoms. The fourth-order valence-corrected chi connectivity index (χ4v) is 3.93. The van der Waals surface area contributed by atoms with Crippen molar-refractivity contribution in [3.8, 4) is 0 Å². The van der Waals surface area contributed by atoms with E-state index in [9.17, 15) is 4.79 Å². The number of amides is 1. The van der Waals surface area contributed by atoms with Crippen LogP contribution in [0.4, 0.5) is 0 Å². The first-order valence-electron chi connectivity index (χ1n) is 8.78. The van der Waals surface area contributed by atoms with E-state index in [1.165, 1.54) is 12.8 Å². The minimum atomic E-state index is -0.127. The van der Waals surface area contributed by atoms with Gasteiger partial charge in [0.2, 0.25) is 5.91 Å². The van der Waals surface area contributed by atoms with Gasteiger partial charge in [-0.25, -0.2) is 0 Å². The minimum absolute atomic E-state index is 0.0506. The molecule has 0 spiro atoms. The van der Waals surface area contributed by atoms with Gasteiger partial charge in [-0.15, -0.1) is 0 Å². The number of hydrogen-bond donors (Lipinski definition) is 0. The number of rotatable bonds is 3. The fraction of sp³-hybridized carbons (Fsp3) is 0.765. The molecule has 126 valence electrons. The van der Waals surface area contributed by atoms with Crippen LogP contribution in [0, 0.1) is 12.8 Å². The van der Waals surface area contributed by atoms with Gasteiger partial charge in [0.15, 0.2) is 0 Å². The molecule has 0 N–H and O–H groups in total. The lowest BCUT2D eigenvalue weighted by atomic mass is 9.94. The molecule has 0 unspecified atom stereocenters. The molecule has 1 aromatic rings. The third-order valence-electron chi connectivity index (χ3n) is 5.68. The van der Waals surface area contributed by atoms with Crippen LogP contribution in [-0.4, -0.2) is 64.3 Å². The number of ether oxygens (including phenoxy) is 1. The lowest BCUT2D eigenvalue weighted by molar-refractivity contribution is -0.139. The van der Waals surface area contributed by atoms with E-state index >= 15 is 0 Å². The maximum absolute atomic E-state index is 13.0. The van der Waals surface area contributed by atoms with E-state index in [0.717, 1.165) is 49.9 Å². The van der Waals surface area contributed by atoms with Crippen molar-refractivity contribution >= 4 is 5.91 Å². The fourth-order valence-electron chi connectivity index (χ4n) is 3.93. The van der Waals surface area contributed by atoms with Crippen LogP contribution in [0.3, 0.4) is 0 Å². The minimum Gasteiger partial charge on any atom is -0.373 e. The Labute approximate surface area is 137 Å². The molecule has 3 aliphatic rings. The number of carbonyl (C=O) groups excluding carboxylic acids is 1. The van der Waals surface area contributed by atoms with E-state index in [4.69, 9.17) is 4.74 Å². The summed E-state index contributed by atoms with van der Waals surface area (Å²) >= 11 is 0. The molecule has 6 nitrogen and oxygen atoms in total. The van der Waals surface area contributed by atoms with Crippen LogP contribution in [-0.2, 0) is 16.6 Å². The summed E-state index contributed by atoms with van der Waals surface area (Å²) in [6.45, 7) is 6.49. The van der Waals surface area contributed by atoms with E-state index in [0.29, 0.717) is 6.61 Å². The first-order chi connectivity index (χ1) is 11.1. The van der Waals surface area contributed by atoms with Crippen LogP contribution in [0.1, 0.15) is 36.6 Å². The highest BCUT2D eigenvalue weighted by Gasteiger charge is 2.40. The third-order valence-corrected chi connectivity index (χ3v) is 5.68. The SMILES string of the molecule is Cc1c([C@H]2OCC[C@@H]2C(=O)N2CCN(C3CC3)CC2)cnn1C. The lowest BCUT2D eigenvalue weighted by Gasteiger charge is -2.36. The zero-order chi connectivity index (χ0) is 16.0. The van der Waals surface area contributed by atoms with Crippen LogP contribution < -0.4 is 0 Å². The van der Waals surface area contributed by atoms with Crippen molar-refractivity contribution in [3.63, 3.8) is 0 Å². The summed E-state index contributed by atoms with van der Waals surface area (Å²) in [4.78, 5) is 17.6. The van der Waals surface area contributed by atoms with Crippen molar-refractivity contribution in [1.82, 2.24) is 19.6 Å². The normalized spacial score (nSPS) is 29.2. The number of aromatic nitrogens is 2. The molecule has 2 aliphatic heterocycles. The predicted octanol–water partition coefficient (Wildman–Crippen LogP) is 1.11. The average molecular weight is 318 g/mol. The van der Waals surface area contributed by atoms with E-state index in [-0.39, 0.29) is 17.9 Å². The van der Waals surface area contributed by atoms with Crippen molar-refractivity contribution in [3.05, 3.63) is 17.5 Å². The van der Waals surface area contributed by atoms with Crippen molar-refractivity contribution in [2.24, 2.45) is 13.0 Å². The van der Waals surface area contributed by atoms with E-state index < -0.39 is 0 Å². The smallest absolute Gasteiger partial charge is 0.228 e. The molecule has 1 aromatic heterocycles. The molecule has 2 atom stereocenters. The molecule has 0 aromatic carbocycles. The van der Waals surface area contributed by atoms with E-state index in [1.54, 1.807) is 0 Å². The third kappa shape index (κ3) is 2.78. The monoisotopic (exact) mass is 318 g/mol. The quantitative estimate of drug-likeness (QED) is 0.838. The summed E-state index contributed by atoms with van der Waals surface area (Å²) in [5, 5.41) is 4.31.